The van der Waals surface area contributed by atoms with Crippen LogP contribution in [0.3, 0.4) is 0 Å². The third-order valence-corrected chi connectivity index (χ3v) is 8.22. The number of carbonyl (C=O) groups excluding carboxylic acids is 1. The van der Waals surface area contributed by atoms with Crippen molar-refractivity contribution in [2.45, 2.75) is 77.2 Å². The number of fused-ring (bicyclic) bond motifs is 6. The van der Waals surface area contributed by atoms with Gasteiger partial charge < -0.3 is 9.47 Å². The number of hydrogen-bond donors (Lipinski definition) is 0. The maximum atomic E-state index is 13.1. The maximum Gasteiger partial charge on any atom is 0.411 e. The number of rotatable bonds is 1. The predicted octanol–water partition coefficient (Wildman–Crippen LogP) is 6.80. The first kappa shape index (κ1) is 21.5. The highest BCUT2D eigenvalue weighted by atomic mass is 35.5. The van der Waals surface area contributed by atoms with Gasteiger partial charge in [-0.2, -0.15) is 0 Å². The minimum Gasteiger partial charge on any atom is -0.488 e. The summed E-state index contributed by atoms with van der Waals surface area (Å²) in [5.41, 5.74) is 9.41. The molecule has 3 aliphatic heterocycles. The van der Waals surface area contributed by atoms with Gasteiger partial charge in [0.25, 0.3) is 0 Å². The van der Waals surface area contributed by atoms with Crippen molar-refractivity contribution in [3.63, 3.8) is 0 Å². The third-order valence-electron chi connectivity index (χ3n) is 7.98. The molecule has 1 amide bonds. The van der Waals surface area contributed by atoms with E-state index in [1.54, 1.807) is 0 Å². The fourth-order valence-corrected chi connectivity index (χ4v) is 6.50. The average molecular weight is 489 g/mol. The normalized spacial score (nSPS) is 25.7. The Kier molecular flexibility index (Phi) is 4.52. The molecular formula is C29H29ClN2O3. The average Bonchev–Trinajstić information content (AvgIpc) is 3.25. The van der Waals surface area contributed by atoms with Crippen LogP contribution < -0.4 is 4.74 Å². The van der Waals surface area contributed by atoms with Gasteiger partial charge in [-0.05, 0) is 111 Å². The first-order valence-electron chi connectivity index (χ1n) is 12.6. The van der Waals surface area contributed by atoms with Crippen LogP contribution >= 0.6 is 11.6 Å². The molecule has 5 nitrogen and oxygen atoms in total. The fourth-order valence-electron chi connectivity index (χ4n) is 6.34. The number of carbonyl (C=O) groups is 1. The molecule has 1 saturated heterocycles. The van der Waals surface area contributed by atoms with Gasteiger partial charge in [-0.3, -0.25) is 9.89 Å². The molecule has 3 atom stereocenters. The van der Waals surface area contributed by atoms with Crippen molar-refractivity contribution in [1.29, 1.82) is 0 Å². The van der Waals surface area contributed by atoms with Crippen LogP contribution in [0.4, 0.5) is 4.79 Å². The van der Waals surface area contributed by atoms with E-state index in [0.29, 0.717) is 23.6 Å². The van der Waals surface area contributed by atoms with E-state index in [4.69, 9.17) is 26.1 Å². The molecule has 6 heteroatoms. The number of likely N-dealkylation sites (tertiary alicyclic amines) is 1. The van der Waals surface area contributed by atoms with E-state index >= 15 is 0 Å². The van der Waals surface area contributed by atoms with Crippen molar-refractivity contribution in [1.82, 2.24) is 4.90 Å². The highest BCUT2D eigenvalue weighted by Gasteiger charge is 2.56. The Labute approximate surface area is 210 Å². The van der Waals surface area contributed by atoms with Gasteiger partial charge in [0.2, 0.25) is 0 Å². The van der Waals surface area contributed by atoms with Gasteiger partial charge in [0.1, 0.15) is 18.0 Å². The second-order valence-corrected chi connectivity index (χ2v) is 11.9. The number of amides is 1. The van der Waals surface area contributed by atoms with Crippen LogP contribution in [0.1, 0.15) is 63.1 Å². The van der Waals surface area contributed by atoms with Crippen LogP contribution in [0, 0.1) is 5.92 Å². The molecule has 3 heterocycles. The number of nitrogens with zero attached hydrogens (tertiary/aromatic N) is 2. The van der Waals surface area contributed by atoms with Gasteiger partial charge in [-0.1, -0.05) is 11.6 Å². The summed E-state index contributed by atoms with van der Waals surface area (Å²) in [6.45, 7) is 6.34. The van der Waals surface area contributed by atoms with Crippen LogP contribution in [0.25, 0.3) is 16.7 Å². The van der Waals surface area contributed by atoms with Gasteiger partial charge in [0.05, 0.1) is 6.04 Å². The number of hydrogen-bond acceptors (Lipinski definition) is 4. The first-order chi connectivity index (χ1) is 16.7. The van der Waals surface area contributed by atoms with E-state index < -0.39 is 5.60 Å². The lowest BCUT2D eigenvalue weighted by Crippen LogP contribution is -2.45. The Hall–Kier alpha value is -2.79. The molecule has 0 unspecified atom stereocenters. The van der Waals surface area contributed by atoms with Gasteiger partial charge in [0.15, 0.2) is 0 Å². The maximum absolute atomic E-state index is 13.1. The third kappa shape index (κ3) is 3.50. The zero-order valence-electron chi connectivity index (χ0n) is 20.4. The van der Waals surface area contributed by atoms with Gasteiger partial charge >= 0.3 is 6.09 Å². The predicted molar refractivity (Wildman–Crippen MR) is 137 cm³/mol. The molecular weight excluding hydrogens is 460 g/mol. The Morgan fingerprint density at radius 1 is 1.09 bits per heavy atom. The van der Waals surface area contributed by atoms with Crippen molar-refractivity contribution in [2.75, 3.05) is 0 Å². The number of halogens is 1. The Bertz CT molecular complexity index is 1350. The molecule has 0 N–H and O–H groups in total. The second kappa shape index (κ2) is 7.36. The summed E-state index contributed by atoms with van der Waals surface area (Å²) >= 11 is 6.19. The van der Waals surface area contributed by atoms with E-state index in [1.165, 1.54) is 33.5 Å². The zero-order valence-corrected chi connectivity index (χ0v) is 21.1. The van der Waals surface area contributed by atoms with E-state index in [9.17, 15) is 4.79 Å². The van der Waals surface area contributed by atoms with Gasteiger partial charge in [0, 0.05) is 34.5 Å². The van der Waals surface area contributed by atoms with Crippen LogP contribution in [-0.4, -0.2) is 34.4 Å². The number of piperidine rings is 1. The molecule has 2 fully saturated rings. The van der Waals surface area contributed by atoms with E-state index in [1.807, 2.05) is 37.8 Å². The molecule has 5 aliphatic rings. The van der Waals surface area contributed by atoms with Crippen molar-refractivity contribution >= 4 is 29.0 Å². The molecule has 2 aromatic carbocycles. The number of allylic oxidation sites excluding steroid dienone is 2. The van der Waals surface area contributed by atoms with Crippen molar-refractivity contribution < 1.29 is 14.3 Å². The second-order valence-electron chi connectivity index (χ2n) is 11.5. The van der Waals surface area contributed by atoms with Crippen LogP contribution in [-0.2, 0) is 17.8 Å². The monoisotopic (exact) mass is 488 g/mol. The fraction of sp³-hybridized carbons (Fsp3) is 0.448. The number of benzene rings is 2. The minimum atomic E-state index is -0.492. The first-order valence-corrected chi connectivity index (χ1v) is 13.0. The summed E-state index contributed by atoms with van der Waals surface area (Å²) in [6.07, 6.45) is 4.66. The highest BCUT2D eigenvalue weighted by Crippen LogP contribution is 2.51. The topological polar surface area (TPSA) is 51.1 Å². The smallest absolute Gasteiger partial charge is 0.411 e. The van der Waals surface area contributed by atoms with Crippen LogP contribution in [0.15, 0.2) is 41.0 Å². The van der Waals surface area contributed by atoms with E-state index in [-0.39, 0.29) is 12.1 Å². The standard InChI is InChI=1S/C29H29ClN2O3/c1-29(2,3)35-28(33)32-25-10-16(25)11-26(32)24-13-22-20-9-17-14-34-27-12-18(30)5-6-19(27)21(17)8-15(20)4-7-23(22)31-24/h5-6,8-9,12,16,25-26H,4,7,10-11,13-14H2,1-3H3/t16-,25-,26+/m1/s1. The minimum absolute atomic E-state index is 0.0558. The van der Waals surface area contributed by atoms with E-state index in [2.05, 4.69) is 18.2 Å². The molecule has 180 valence electrons. The molecule has 0 radical (unpaired) electrons. The Balaban J connectivity index is 1.18. The lowest BCUT2D eigenvalue weighted by atomic mass is 9.83. The summed E-state index contributed by atoms with van der Waals surface area (Å²) in [7, 11) is 0. The van der Waals surface area contributed by atoms with Gasteiger partial charge in [-0.25, -0.2) is 4.79 Å². The SMILES string of the molecule is CC(C)(C)OC(=O)N1[C@@H]2C[C@@H]2C[C@H]1C1=NC2=C(C1)c1cc3c(cc1CC2)-c1ccc(Cl)cc1OC3. The molecule has 0 aromatic heterocycles. The molecule has 7 rings (SSSR count). The summed E-state index contributed by atoms with van der Waals surface area (Å²) < 4.78 is 11.8. The van der Waals surface area contributed by atoms with Crippen molar-refractivity contribution in [3.8, 4) is 16.9 Å². The van der Waals surface area contributed by atoms with Crippen LogP contribution in [0.5, 0.6) is 5.75 Å². The van der Waals surface area contributed by atoms with E-state index in [0.717, 1.165) is 49.1 Å². The Morgan fingerprint density at radius 3 is 2.74 bits per heavy atom. The molecule has 2 aromatic rings. The molecule has 0 spiro atoms. The number of aliphatic imine (C=N–C) groups is 1. The molecule has 35 heavy (non-hydrogen) atoms. The zero-order chi connectivity index (χ0) is 24.1. The summed E-state index contributed by atoms with van der Waals surface area (Å²) in [6, 6.07) is 10.9. The lowest BCUT2D eigenvalue weighted by Gasteiger charge is -2.31. The molecule has 1 saturated carbocycles. The van der Waals surface area contributed by atoms with Crippen LogP contribution in [0.2, 0.25) is 5.02 Å². The largest absolute Gasteiger partial charge is 0.488 e. The van der Waals surface area contributed by atoms with Crippen molar-refractivity contribution in [2.24, 2.45) is 10.9 Å². The quantitative estimate of drug-likeness (QED) is 0.443. The summed E-state index contributed by atoms with van der Waals surface area (Å²) in [4.78, 5) is 20.2. The lowest BCUT2D eigenvalue weighted by molar-refractivity contribution is 0.0230. The number of aryl methyl sites for hydroxylation is 1. The van der Waals surface area contributed by atoms with Gasteiger partial charge in [-0.15, -0.1) is 0 Å². The highest BCUT2D eigenvalue weighted by molar-refractivity contribution is 6.30. The summed E-state index contributed by atoms with van der Waals surface area (Å²) in [5.74, 6) is 1.45. The number of ether oxygens (including phenoxy) is 2. The van der Waals surface area contributed by atoms with Crippen molar-refractivity contribution in [3.05, 3.63) is 57.7 Å². The molecule has 0 bridgehead atoms. The Morgan fingerprint density at radius 2 is 1.91 bits per heavy atom. The summed E-state index contributed by atoms with van der Waals surface area (Å²) in [5, 5.41) is 0.695. The molecule has 2 aliphatic carbocycles.